The van der Waals surface area contributed by atoms with Gasteiger partial charge in [-0.15, -0.1) is 11.3 Å². The first kappa shape index (κ1) is 16.3. The van der Waals surface area contributed by atoms with E-state index in [0.717, 1.165) is 27.3 Å². The van der Waals surface area contributed by atoms with Crippen LogP contribution in [0.3, 0.4) is 0 Å². The first-order chi connectivity index (χ1) is 12.8. The van der Waals surface area contributed by atoms with Crippen molar-refractivity contribution < 1.29 is 4.79 Å². The molecule has 0 saturated heterocycles. The molecule has 0 saturated carbocycles. The maximum Gasteiger partial charge on any atom is 0.262 e. The molecule has 128 valence electrons. The maximum atomic E-state index is 12.6. The maximum absolute atomic E-state index is 12.6. The fourth-order valence-electron chi connectivity index (χ4n) is 2.77. The van der Waals surface area contributed by atoms with Gasteiger partial charge in [-0.2, -0.15) is 5.10 Å². The average Bonchev–Trinajstić information content (AvgIpc) is 3.37. The molecular formula is C21H17N3OS. The zero-order valence-corrected chi connectivity index (χ0v) is 14.8. The lowest BCUT2D eigenvalue weighted by Gasteiger charge is -2.05. The van der Waals surface area contributed by atoms with E-state index in [1.165, 1.54) is 11.3 Å². The summed E-state index contributed by atoms with van der Waals surface area (Å²) < 4.78 is 1.81. The highest BCUT2D eigenvalue weighted by atomic mass is 32.1. The number of carbonyl (C=O) groups is 1. The Bertz CT molecular complexity index is 1010. The summed E-state index contributed by atoms with van der Waals surface area (Å²) in [5.74, 6) is -0.0636. The molecule has 1 amide bonds. The van der Waals surface area contributed by atoms with Crippen LogP contribution in [0.15, 0.2) is 84.5 Å². The van der Waals surface area contributed by atoms with Crippen molar-refractivity contribution in [3.05, 3.63) is 94.9 Å². The minimum absolute atomic E-state index is 0.0636. The van der Waals surface area contributed by atoms with Gasteiger partial charge < -0.3 is 5.32 Å². The Hall–Kier alpha value is -3.18. The smallest absolute Gasteiger partial charge is 0.262 e. The number of aromatic nitrogens is 2. The third-order valence-corrected chi connectivity index (χ3v) is 4.98. The summed E-state index contributed by atoms with van der Waals surface area (Å²) in [7, 11) is 0. The van der Waals surface area contributed by atoms with E-state index in [-0.39, 0.29) is 5.91 Å². The van der Waals surface area contributed by atoms with Crippen LogP contribution in [-0.4, -0.2) is 15.7 Å². The molecule has 0 aliphatic carbocycles. The second-order valence-electron chi connectivity index (χ2n) is 5.84. The summed E-state index contributed by atoms with van der Waals surface area (Å²) >= 11 is 1.46. The van der Waals surface area contributed by atoms with Gasteiger partial charge in [0.15, 0.2) is 0 Å². The summed E-state index contributed by atoms with van der Waals surface area (Å²) in [6.45, 7) is 0.442. The zero-order chi connectivity index (χ0) is 17.8. The van der Waals surface area contributed by atoms with Crippen LogP contribution in [0.1, 0.15) is 15.2 Å². The van der Waals surface area contributed by atoms with Crippen LogP contribution in [0.25, 0.3) is 16.8 Å². The summed E-state index contributed by atoms with van der Waals surface area (Å²) in [6, 6.07) is 21.9. The zero-order valence-electron chi connectivity index (χ0n) is 14.0. The Morgan fingerprint density at radius 3 is 2.50 bits per heavy atom. The monoisotopic (exact) mass is 359 g/mol. The highest BCUT2D eigenvalue weighted by Crippen LogP contribution is 2.28. The Morgan fingerprint density at radius 1 is 1.00 bits per heavy atom. The van der Waals surface area contributed by atoms with Crippen LogP contribution in [0, 0.1) is 0 Å². The summed E-state index contributed by atoms with van der Waals surface area (Å²) in [5, 5.41) is 9.30. The van der Waals surface area contributed by atoms with Gasteiger partial charge in [0.2, 0.25) is 0 Å². The Morgan fingerprint density at radius 2 is 1.73 bits per heavy atom. The number of hydrogen-bond donors (Lipinski definition) is 1. The molecule has 0 aliphatic rings. The van der Waals surface area contributed by atoms with Gasteiger partial charge in [0, 0.05) is 23.9 Å². The third-order valence-electron chi connectivity index (χ3n) is 4.07. The van der Waals surface area contributed by atoms with Crippen molar-refractivity contribution in [3.8, 4) is 16.8 Å². The van der Waals surface area contributed by atoms with Gasteiger partial charge >= 0.3 is 0 Å². The predicted octanol–water partition coefficient (Wildman–Crippen LogP) is 4.53. The minimum atomic E-state index is -0.0636. The number of amides is 1. The van der Waals surface area contributed by atoms with Gasteiger partial charge in [-0.1, -0.05) is 48.5 Å². The molecule has 4 rings (SSSR count). The number of rotatable bonds is 5. The predicted molar refractivity (Wildman–Crippen MR) is 104 cm³/mol. The highest BCUT2D eigenvalue weighted by Gasteiger charge is 2.14. The van der Waals surface area contributed by atoms with Crippen molar-refractivity contribution >= 4 is 17.2 Å². The largest absolute Gasteiger partial charge is 0.347 e. The second-order valence-corrected chi connectivity index (χ2v) is 6.76. The van der Waals surface area contributed by atoms with Crippen LogP contribution in [0.2, 0.25) is 0 Å². The molecule has 2 aromatic heterocycles. The molecule has 1 N–H and O–H groups in total. The molecule has 26 heavy (non-hydrogen) atoms. The first-order valence-electron chi connectivity index (χ1n) is 8.31. The van der Waals surface area contributed by atoms with Crippen molar-refractivity contribution in [2.45, 2.75) is 6.54 Å². The van der Waals surface area contributed by atoms with Crippen molar-refractivity contribution in [2.75, 3.05) is 0 Å². The molecule has 0 atom stereocenters. The molecule has 4 aromatic rings. The van der Waals surface area contributed by atoms with Gasteiger partial charge in [0.05, 0.1) is 16.8 Å². The van der Waals surface area contributed by atoms with E-state index < -0.39 is 0 Å². The van der Waals surface area contributed by atoms with E-state index >= 15 is 0 Å². The van der Waals surface area contributed by atoms with E-state index in [1.807, 2.05) is 83.0 Å². The molecule has 0 radical (unpaired) electrons. The lowest BCUT2D eigenvalue weighted by Crippen LogP contribution is -2.22. The van der Waals surface area contributed by atoms with Crippen LogP contribution in [0.5, 0.6) is 0 Å². The lowest BCUT2D eigenvalue weighted by molar-refractivity contribution is 0.0955. The van der Waals surface area contributed by atoms with E-state index in [2.05, 4.69) is 10.4 Å². The number of thiophene rings is 1. The van der Waals surface area contributed by atoms with Crippen molar-refractivity contribution in [3.63, 3.8) is 0 Å². The second kappa shape index (κ2) is 7.37. The number of para-hydroxylation sites is 1. The highest BCUT2D eigenvalue weighted by molar-refractivity contribution is 7.12. The average molecular weight is 359 g/mol. The number of carbonyl (C=O) groups excluding carboxylic acids is 1. The molecular weight excluding hydrogens is 342 g/mol. The molecule has 2 aromatic carbocycles. The van der Waals surface area contributed by atoms with Gasteiger partial charge in [0.1, 0.15) is 0 Å². The molecule has 0 aliphatic heterocycles. The van der Waals surface area contributed by atoms with Crippen LogP contribution < -0.4 is 5.32 Å². The summed E-state index contributed by atoms with van der Waals surface area (Å²) in [5.41, 5.74) is 3.97. The van der Waals surface area contributed by atoms with Crippen molar-refractivity contribution in [1.82, 2.24) is 15.1 Å². The molecule has 2 heterocycles. The Labute approximate surface area is 155 Å². The van der Waals surface area contributed by atoms with Gasteiger partial charge in [-0.25, -0.2) is 4.68 Å². The van der Waals surface area contributed by atoms with Crippen molar-refractivity contribution in [1.29, 1.82) is 0 Å². The quantitative estimate of drug-likeness (QED) is 0.569. The van der Waals surface area contributed by atoms with E-state index in [0.29, 0.717) is 6.54 Å². The van der Waals surface area contributed by atoms with Crippen LogP contribution in [-0.2, 0) is 6.54 Å². The normalized spacial score (nSPS) is 10.6. The molecule has 0 spiro atoms. The van der Waals surface area contributed by atoms with Gasteiger partial charge in [-0.05, 0) is 29.1 Å². The molecule has 0 fully saturated rings. The fourth-order valence-corrected chi connectivity index (χ4v) is 3.60. The van der Waals surface area contributed by atoms with Gasteiger partial charge in [0.25, 0.3) is 5.91 Å². The summed E-state index contributed by atoms with van der Waals surface area (Å²) in [4.78, 5) is 13.4. The number of nitrogens with one attached hydrogen (secondary N) is 1. The first-order valence-corrected chi connectivity index (χ1v) is 9.19. The third kappa shape index (κ3) is 3.43. The summed E-state index contributed by atoms with van der Waals surface area (Å²) in [6.07, 6.45) is 3.71. The number of benzene rings is 2. The fraction of sp³-hybridized carbons (Fsp3) is 0.0476. The van der Waals surface area contributed by atoms with Crippen molar-refractivity contribution in [2.24, 2.45) is 0 Å². The molecule has 5 heteroatoms. The Kier molecular flexibility index (Phi) is 4.62. The topological polar surface area (TPSA) is 46.9 Å². The minimum Gasteiger partial charge on any atom is -0.347 e. The number of hydrogen-bond acceptors (Lipinski definition) is 3. The lowest BCUT2D eigenvalue weighted by atomic mass is 10.1. The standard InChI is InChI=1S/C21H17N3OS/c25-21(20-19(11-12-26-20)17-7-3-1-4-8-17)22-13-16-14-23-24(15-16)18-9-5-2-6-10-18/h1-12,14-15H,13H2,(H,22,25). The van der Waals surface area contributed by atoms with E-state index in [9.17, 15) is 4.79 Å². The molecule has 0 bridgehead atoms. The van der Waals surface area contributed by atoms with E-state index in [4.69, 9.17) is 0 Å². The van der Waals surface area contributed by atoms with Crippen LogP contribution in [0.4, 0.5) is 0 Å². The molecule has 4 nitrogen and oxygen atoms in total. The Balaban J connectivity index is 1.46. The SMILES string of the molecule is O=C(NCc1cnn(-c2ccccc2)c1)c1sccc1-c1ccccc1. The number of nitrogens with zero attached hydrogens (tertiary/aromatic N) is 2. The van der Waals surface area contributed by atoms with E-state index in [1.54, 1.807) is 6.20 Å². The van der Waals surface area contributed by atoms with Crippen LogP contribution >= 0.6 is 11.3 Å². The van der Waals surface area contributed by atoms with Gasteiger partial charge in [-0.3, -0.25) is 4.79 Å². The molecule has 0 unspecified atom stereocenters.